The minimum Gasteiger partial charge on any atom is -0.449 e. The predicted octanol–water partition coefficient (Wildman–Crippen LogP) is 2.36. The summed E-state index contributed by atoms with van der Waals surface area (Å²) in [7, 11) is 0. The van der Waals surface area contributed by atoms with Gasteiger partial charge in [0.2, 0.25) is 0 Å². The minimum absolute atomic E-state index is 0.199. The highest BCUT2D eigenvalue weighted by atomic mass is 19.1. The van der Waals surface area contributed by atoms with E-state index in [1.807, 2.05) is 6.92 Å². The van der Waals surface area contributed by atoms with E-state index >= 15 is 0 Å². The van der Waals surface area contributed by atoms with E-state index in [1.54, 1.807) is 0 Å². The number of piperidine rings is 1. The van der Waals surface area contributed by atoms with Crippen molar-refractivity contribution in [1.29, 1.82) is 0 Å². The topological polar surface area (TPSA) is 29.5 Å². The van der Waals surface area contributed by atoms with Crippen molar-refractivity contribution >= 4 is 6.09 Å². The lowest BCUT2D eigenvalue weighted by atomic mass is 10.1. The van der Waals surface area contributed by atoms with Gasteiger partial charge in [-0.05, 0) is 19.3 Å². The van der Waals surface area contributed by atoms with Crippen molar-refractivity contribution < 1.29 is 13.9 Å². The zero-order valence-corrected chi connectivity index (χ0v) is 8.67. The lowest BCUT2D eigenvalue weighted by molar-refractivity contribution is 0.0757. The van der Waals surface area contributed by atoms with Gasteiger partial charge in [0.1, 0.15) is 6.17 Å². The SMILES string of the molecule is CCCCOC(=O)N1CCCC(F)C1. The number of carbonyl (C=O) groups excluding carboxylic acids is 1. The highest BCUT2D eigenvalue weighted by Crippen LogP contribution is 2.13. The lowest BCUT2D eigenvalue weighted by Gasteiger charge is -2.28. The third-order valence-corrected chi connectivity index (χ3v) is 2.35. The van der Waals surface area contributed by atoms with Gasteiger partial charge in [-0.3, -0.25) is 0 Å². The van der Waals surface area contributed by atoms with Crippen molar-refractivity contribution in [2.45, 2.75) is 38.8 Å². The molecule has 0 aliphatic carbocycles. The number of alkyl halides is 1. The smallest absolute Gasteiger partial charge is 0.409 e. The van der Waals surface area contributed by atoms with Crippen LogP contribution >= 0.6 is 0 Å². The summed E-state index contributed by atoms with van der Waals surface area (Å²) in [6.07, 6.45) is 1.95. The Labute approximate surface area is 84.2 Å². The summed E-state index contributed by atoms with van der Waals surface area (Å²) in [6, 6.07) is 0. The zero-order chi connectivity index (χ0) is 10.4. The maximum Gasteiger partial charge on any atom is 0.409 e. The van der Waals surface area contributed by atoms with E-state index in [0.717, 1.165) is 19.3 Å². The van der Waals surface area contributed by atoms with Crippen molar-refractivity contribution in [2.24, 2.45) is 0 Å². The number of hydrogen-bond donors (Lipinski definition) is 0. The molecule has 1 atom stereocenters. The highest BCUT2D eigenvalue weighted by molar-refractivity contribution is 5.67. The van der Waals surface area contributed by atoms with Gasteiger partial charge in [-0.1, -0.05) is 13.3 Å². The Balaban J connectivity index is 2.22. The molecule has 0 bridgehead atoms. The van der Waals surface area contributed by atoms with Gasteiger partial charge in [0.15, 0.2) is 0 Å². The van der Waals surface area contributed by atoms with Crippen LogP contribution in [0.1, 0.15) is 32.6 Å². The summed E-state index contributed by atoms with van der Waals surface area (Å²) in [6.45, 7) is 3.31. The molecule has 1 fully saturated rings. The van der Waals surface area contributed by atoms with E-state index in [1.165, 1.54) is 4.90 Å². The Morgan fingerprint density at radius 2 is 2.43 bits per heavy atom. The number of likely N-dealkylation sites (tertiary alicyclic amines) is 1. The van der Waals surface area contributed by atoms with Gasteiger partial charge in [0, 0.05) is 6.54 Å². The molecule has 14 heavy (non-hydrogen) atoms. The Morgan fingerprint density at radius 1 is 1.64 bits per heavy atom. The first-order chi connectivity index (χ1) is 6.74. The van der Waals surface area contributed by atoms with Gasteiger partial charge in [0.25, 0.3) is 0 Å². The summed E-state index contributed by atoms with van der Waals surface area (Å²) in [5.74, 6) is 0. The molecule has 0 radical (unpaired) electrons. The molecule has 1 saturated heterocycles. The maximum atomic E-state index is 12.9. The van der Waals surface area contributed by atoms with E-state index in [9.17, 15) is 9.18 Å². The molecule has 1 heterocycles. The number of amides is 1. The van der Waals surface area contributed by atoms with Gasteiger partial charge >= 0.3 is 6.09 Å². The Hall–Kier alpha value is -0.800. The van der Waals surface area contributed by atoms with Crippen LogP contribution < -0.4 is 0 Å². The summed E-state index contributed by atoms with van der Waals surface area (Å²) in [5.41, 5.74) is 0. The Kier molecular flexibility index (Phi) is 4.70. The van der Waals surface area contributed by atoms with Crippen molar-refractivity contribution in [3.8, 4) is 0 Å². The molecule has 0 aromatic heterocycles. The minimum atomic E-state index is -0.873. The number of rotatable bonds is 3. The van der Waals surface area contributed by atoms with E-state index in [-0.39, 0.29) is 12.6 Å². The molecule has 1 rings (SSSR count). The zero-order valence-electron chi connectivity index (χ0n) is 8.67. The van der Waals surface area contributed by atoms with Crippen molar-refractivity contribution in [2.75, 3.05) is 19.7 Å². The van der Waals surface area contributed by atoms with Gasteiger partial charge in [0.05, 0.1) is 13.2 Å². The van der Waals surface area contributed by atoms with Gasteiger partial charge in [-0.15, -0.1) is 0 Å². The monoisotopic (exact) mass is 203 g/mol. The summed E-state index contributed by atoms with van der Waals surface area (Å²) in [5, 5.41) is 0. The fourth-order valence-corrected chi connectivity index (χ4v) is 1.49. The molecule has 1 aliphatic heterocycles. The second-order valence-corrected chi connectivity index (χ2v) is 3.65. The number of nitrogens with zero attached hydrogens (tertiary/aromatic N) is 1. The number of halogens is 1. The largest absolute Gasteiger partial charge is 0.449 e. The first-order valence-electron chi connectivity index (χ1n) is 5.29. The number of hydrogen-bond acceptors (Lipinski definition) is 2. The van der Waals surface area contributed by atoms with Crippen LogP contribution in [0.2, 0.25) is 0 Å². The second kappa shape index (κ2) is 5.83. The first kappa shape index (κ1) is 11.3. The second-order valence-electron chi connectivity index (χ2n) is 3.65. The molecule has 3 nitrogen and oxygen atoms in total. The molecule has 0 saturated carbocycles. The van der Waals surface area contributed by atoms with Crippen LogP contribution in [0.5, 0.6) is 0 Å². The third kappa shape index (κ3) is 3.52. The Morgan fingerprint density at radius 3 is 3.07 bits per heavy atom. The number of carbonyl (C=O) groups is 1. The molecule has 0 aromatic rings. The molecule has 1 aliphatic rings. The fourth-order valence-electron chi connectivity index (χ4n) is 1.49. The van der Waals surface area contributed by atoms with Crippen LogP contribution in [0.4, 0.5) is 9.18 Å². The normalized spacial score (nSPS) is 22.1. The van der Waals surface area contributed by atoms with Crippen molar-refractivity contribution in [3.05, 3.63) is 0 Å². The molecular weight excluding hydrogens is 185 g/mol. The molecule has 82 valence electrons. The molecule has 1 unspecified atom stereocenters. The molecule has 0 aromatic carbocycles. The van der Waals surface area contributed by atoms with Crippen molar-refractivity contribution in [3.63, 3.8) is 0 Å². The molecule has 0 N–H and O–H groups in total. The van der Waals surface area contributed by atoms with Crippen LogP contribution in [0.3, 0.4) is 0 Å². The summed E-state index contributed by atoms with van der Waals surface area (Å²) in [4.78, 5) is 12.8. The average Bonchev–Trinajstić information content (AvgIpc) is 2.18. The first-order valence-corrected chi connectivity index (χ1v) is 5.29. The summed E-state index contributed by atoms with van der Waals surface area (Å²) < 4.78 is 17.9. The van der Waals surface area contributed by atoms with E-state index < -0.39 is 6.17 Å². The molecule has 4 heteroatoms. The van der Waals surface area contributed by atoms with E-state index in [2.05, 4.69) is 0 Å². The van der Waals surface area contributed by atoms with E-state index in [4.69, 9.17) is 4.74 Å². The Bertz CT molecular complexity index is 187. The standard InChI is InChI=1S/C10H18FNO2/c1-2-3-7-14-10(13)12-6-4-5-9(11)8-12/h9H,2-8H2,1H3. The van der Waals surface area contributed by atoms with Crippen LogP contribution in [0, 0.1) is 0 Å². The van der Waals surface area contributed by atoms with Gasteiger partial charge in [-0.2, -0.15) is 0 Å². The van der Waals surface area contributed by atoms with Gasteiger partial charge in [-0.25, -0.2) is 9.18 Å². The molecule has 0 spiro atoms. The van der Waals surface area contributed by atoms with Crippen molar-refractivity contribution in [1.82, 2.24) is 4.90 Å². The van der Waals surface area contributed by atoms with Gasteiger partial charge < -0.3 is 9.64 Å². The van der Waals surface area contributed by atoms with Crippen LogP contribution in [-0.4, -0.2) is 36.9 Å². The van der Waals surface area contributed by atoms with Crippen LogP contribution in [0.25, 0.3) is 0 Å². The quantitative estimate of drug-likeness (QED) is 0.659. The maximum absolute atomic E-state index is 12.9. The number of unbranched alkanes of at least 4 members (excludes halogenated alkanes) is 1. The lowest BCUT2D eigenvalue weighted by Crippen LogP contribution is -2.41. The fraction of sp³-hybridized carbons (Fsp3) is 0.900. The predicted molar refractivity (Wildman–Crippen MR) is 52.0 cm³/mol. The average molecular weight is 203 g/mol. The summed E-state index contributed by atoms with van der Waals surface area (Å²) >= 11 is 0. The van der Waals surface area contributed by atoms with E-state index in [0.29, 0.717) is 19.6 Å². The van der Waals surface area contributed by atoms with Crippen LogP contribution in [0.15, 0.2) is 0 Å². The van der Waals surface area contributed by atoms with Crippen LogP contribution in [-0.2, 0) is 4.74 Å². The number of ether oxygens (including phenoxy) is 1. The molecular formula is C10H18FNO2. The highest BCUT2D eigenvalue weighted by Gasteiger charge is 2.23. The third-order valence-electron chi connectivity index (χ3n) is 2.35. The molecule has 1 amide bonds.